The van der Waals surface area contributed by atoms with Gasteiger partial charge in [-0.2, -0.15) is 5.26 Å². The maximum Gasteiger partial charge on any atom is 0.326 e. The lowest BCUT2D eigenvalue weighted by Gasteiger charge is -2.11. The van der Waals surface area contributed by atoms with Crippen LogP contribution in [0.15, 0.2) is 41.5 Å². The molecule has 1 unspecified atom stereocenters. The van der Waals surface area contributed by atoms with E-state index in [1.54, 1.807) is 24.3 Å². The Labute approximate surface area is 114 Å². The molecule has 1 aromatic carbocycles. The van der Waals surface area contributed by atoms with Crippen LogP contribution < -0.4 is 5.56 Å². The van der Waals surface area contributed by atoms with E-state index in [-0.39, 0.29) is 11.3 Å². The molecule has 0 aliphatic rings. The summed E-state index contributed by atoms with van der Waals surface area (Å²) in [4.78, 5) is 27.2. The molecule has 1 aromatic heterocycles. The first-order valence-electron chi connectivity index (χ1n) is 5.85. The lowest BCUT2D eigenvalue weighted by molar-refractivity contribution is -0.140. The molecule has 0 aliphatic carbocycles. The van der Waals surface area contributed by atoms with E-state index in [1.165, 1.54) is 6.92 Å². The van der Waals surface area contributed by atoms with E-state index in [0.29, 0.717) is 5.56 Å². The number of rotatable bonds is 3. The summed E-state index contributed by atoms with van der Waals surface area (Å²) in [6.45, 7) is 1.36. The predicted molar refractivity (Wildman–Crippen MR) is 71.0 cm³/mol. The van der Waals surface area contributed by atoms with Gasteiger partial charge in [-0.3, -0.25) is 9.36 Å². The number of carboxylic acid groups (broad SMARTS) is 1. The summed E-state index contributed by atoms with van der Waals surface area (Å²) in [6.07, 6.45) is 1.16. The summed E-state index contributed by atoms with van der Waals surface area (Å²) in [7, 11) is 0. The van der Waals surface area contributed by atoms with E-state index in [1.807, 2.05) is 12.1 Å². The van der Waals surface area contributed by atoms with Crippen molar-refractivity contribution >= 4 is 5.97 Å². The van der Waals surface area contributed by atoms with Crippen molar-refractivity contribution < 1.29 is 9.90 Å². The SMILES string of the molecule is CC(C(=O)O)n1cnc(-c2ccccc2)c(C#N)c1=O. The fourth-order valence-corrected chi connectivity index (χ4v) is 1.78. The first-order chi connectivity index (χ1) is 9.56. The third-order valence-corrected chi connectivity index (χ3v) is 2.93. The molecule has 0 saturated carbocycles. The van der Waals surface area contributed by atoms with Crippen LogP contribution in [0.5, 0.6) is 0 Å². The van der Waals surface area contributed by atoms with Crippen LogP contribution in [-0.2, 0) is 4.79 Å². The van der Waals surface area contributed by atoms with Gasteiger partial charge < -0.3 is 5.11 Å². The van der Waals surface area contributed by atoms with E-state index in [9.17, 15) is 9.59 Å². The zero-order valence-electron chi connectivity index (χ0n) is 10.6. The molecule has 1 atom stereocenters. The third kappa shape index (κ3) is 2.29. The quantitative estimate of drug-likeness (QED) is 0.909. The van der Waals surface area contributed by atoms with Crippen molar-refractivity contribution in [3.63, 3.8) is 0 Å². The molecule has 1 heterocycles. The number of hydrogen-bond acceptors (Lipinski definition) is 4. The number of aromatic nitrogens is 2. The average molecular weight is 269 g/mol. The van der Waals surface area contributed by atoms with E-state index >= 15 is 0 Å². The van der Waals surface area contributed by atoms with Gasteiger partial charge in [0.05, 0.1) is 12.0 Å². The van der Waals surface area contributed by atoms with Gasteiger partial charge in [-0.1, -0.05) is 30.3 Å². The summed E-state index contributed by atoms with van der Waals surface area (Å²) >= 11 is 0. The fourth-order valence-electron chi connectivity index (χ4n) is 1.78. The molecular weight excluding hydrogens is 258 g/mol. The predicted octanol–water partition coefficient (Wildman–Crippen LogP) is 1.43. The highest BCUT2D eigenvalue weighted by molar-refractivity contribution is 5.72. The minimum absolute atomic E-state index is 0.160. The van der Waals surface area contributed by atoms with E-state index in [2.05, 4.69) is 4.98 Å². The van der Waals surface area contributed by atoms with Gasteiger partial charge in [0, 0.05) is 5.56 Å². The highest BCUT2D eigenvalue weighted by Crippen LogP contribution is 2.18. The third-order valence-electron chi connectivity index (χ3n) is 2.93. The van der Waals surface area contributed by atoms with Gasteiger partial charge in [-0.15, -0.1) is 0 Å². The highest BCUT2D eigenvalue weighted by atomic mass is 16.4. The summed E-state index contributed by atoms with van der Waals surface area (Å²) < 4.78 is 0.938. The lowest BCUT2D eigenvalue weighted by Crippen LogP contribution is -2.30. The van der Waals surface area contributed by atoms with Crippen molar-refractivity contribution in [1.29, 1.82) is 5.26 Å². The Kier molecular flexibility index (Phi) is 3.62. The van der Waals surface area contributed by atoms with Crippen LogP contribution in [0.4, 0.5) is 0 Å². The molecule has 2 aromatic rings. The maximum atomic E-state index is 12.2. The molecule has 6 nitrogen and oxygen atoms in total. The van der Waals surface area contributed by atoms with Gasteiger partial charge in [0.15, 0.2) is 0 Å². The fraction of sp³-hybridized carbons (Fsp3) is 0.143. The number of hydrogen-bond donors (Lipinski definition) is 1. The topological polar surface area (TPSA) is 96.0 Å². The van der Waals surface area contributed by atoms with Gasteiger partial charge in [-0.25, -0.2) is 9.78 Å². The molecular formula is C14H11N3O3. The minimum atomic E-state index is -1.16. The summed E-state index contributed by atoms with van der Waals surface area (Å²) in [6, 6.07) is 9.53. The van der Waals surface area contributed by atoms with E-state index in [0.717, 1.165) is 10.9 Å². The van der Waals surface area contributed by atoms with Crippen LogP contribution in [0.2, 0.25) is 0 Å². The van der Waals surface area contributed by atoms with Crippen molar-refractivity contribution in [2.24, 2.45) is 0 Å². The Bertz CT molecular complexity index is 744. The number of benzene rings is 1. The van der Waals surface area contributed by atoms with Crippen LogP contribution in [0, 0.1) is 11.3 Å². The smallest absolute Gasteiger partial charge is 0.326 e. The van der Waals surface area contributed by atoms with Gasteiger partial charge in [0.2, 0.25) is 0 Å². The number of carboxylic acids is 1. The normalized spacial score (nSPS) is 11.6. The van der Waals surface area contributed by atoms with E-state index in [4.69, 9.17) is 10.4 Å². The zero-order chi connectivity index (χ0) is 14.7. The molecule has 0 radical (unpaired) electrons. The standard InChI is InChI=1S/C14H11N3O3/c1-9(14(19)20)17-8-16-12(11(7-15)13(17)18)10-5-3-2-4-6-10/h2-6,8-9H,1H3,(H,19,20). The lowest BCUT2D eigenvalue weighted by atomic mass is 10.1. The van der Waals surface area contributed by atoms with Gasteiger partial charge in [-0.05, 0) is 6.92 Å². The average Bonchev–Trinajstić information content (AvgIpc) is 2.47. The van der Waals surface area contributed by atoms with E-state index < -0.39 is 17.6 Å². The Morgan fingerprint density at radius 2 is 2.05 bits per heavy atom. The summed E-state index contributed by atoms with van der Waals surface area (Å²) in [5.41, 5.74) is 0.0752. The molecule has 1 N–H and O–H groups in total. The largest absolute Gasteiger partial charge is 0.480 e. The minimum Gasteiger partial charge on any atom is -0.480 e. The molecule has 0 aliphatic heterocycles. The first-order valence-corrected chi connectivity index (χ1v) is 5.85. The van der Waals surface area contributed by atoms with Crippen LogP contribution in [0.3, 0.4) is 0 Å². The summed E-state index contributed by atoms with van der Waals surface area (Å²) in [5.74, 6) is -1.16. The number of nitriles is 1. The molecule has 0 saturated heterocycles. The molecule has 6 heteroatoms. The van der Waals surface area contributed by atoms with Crippen molar-refractivity contribution in [3.8, 4) is 17.3 Å². The number of nitrogens with zero attached hydrogens (tertiary/aromatic N) is 3. The Morgan fingerprint density at radius 3 is 2.60 bits per heavy atom. The summed E-state index contributed by atoms with van der Waals surface area (Å²) in [5, 5.41) is 18.1. The Hall–Kier alpha value is -2.94. The second kappa shape index (κ2) is 5.36. The zero-order valence-corrected chi connectivity index (χ0v) is 10.6. The van der Waals surface area contributed by atoms with Crippen molar-refractivity contribution in [1.82, 2.24) is 9.55 Å². The molecule has 2 rings (SSSR count). The molecule has 0 bridgehead atoms. The van der Waals surface area contributed by atoms with Crippen LogP contribution >= 0.6 is 0 Å². The van der Waals surface area contributed by atoms with Crippen molar-refractivity contribution in [3.05, 3.63) is 52.6 Å². The first kappa shape index (κ1) is 13.5. The highest BCUT2D eigenvalue weighted by Gasteiger charge is 2.19. The van der Waals surface area contributed by atoms with Crippen molar-refractivity contribution in [2.45, 2.75) is 13.0 Å². The van der Waals surface area contributed by atoms with Crippen LogP contribution in [0.25, 0.3) is 11.3 Å². The maximum absolute atomic E-state index is 12.2. The molecule has 0 fully saturated rings. The van der Waals surface area contributed by atoms with Crippen molar-refractivity contribution in [2.75, 3.05) is 0 Å². The Balaban J connectivity index is 2.66. The number of carbonyl (C=O) groups is 1. The molecule has 100 valence electrons. The Morgan fingerprint density at radius 1 is 1.40 bits per heavy atom. The molecule has 0 spiro atoms. The van der Waals surface area contributed by atoms with Crippen LogP contribution in [0.1, 0.15) is 18.5 Å². The molecule has 0 amide bonds. The van der Waals surface area contributed by atoms with Gasteiger partial charge >= 0.3 is 5.97 Å². The molecule has 20 heavy (non-hydrogen) atoms. The second-order valence-electron chi connectivity index (χ2n) is 4.17. The monoisotopic (exact) mass is 269 g/mol. The second-order valence-corrected chi connectivity index (χ2v) is 4.17. The number of aliphatic carboxylic acids is 1. The van der Waals surface area contributed by atoms with Gasteiger partial charge in [0.25, 0.3) is 5.56 Å². The van der Waals surface area contributed by atoms with Crippen LogP contribution in [-0.4, -0.2) is 20.6 Å². The van der Waals surface area contributed by atoms with Gasteiger partial charge in [0.1, 0.15) is 17.7 Å².